The van der Waals surface area contributed by atoms with E-state index >= 15 is 0 Å². The fourth-order valence-electron chi connectivity index (χ4n) is 4.06. The van der Waals surface area contributed by atoms with Gasteiger partial charge in [-0.2, -0.15) is 0 Å². The highest BCUT2D eigenvalue weighted by Gasteiger charge is 2.49. The molecule has 0 radical (unpaired) electrons. The number of hydrogen-bond acceptors (Lipinski definition) is 7. The molecule has 8 heteroatoms. The Morgan fingerprint density at radius 1 is 1.03 bits per heavy atom. The third-order valence-electron chi connectivity index (χ3n) is 5.33. The molecule has 2 aliphatic rings. The van der Waals surface area contributed by atoms with Gasteiger partial charge in [0.15, 0.2) is 11.5 Å². The zero-order valence-corrected chi connectivity index (χ0v) is 17.3. The van der Waals surface area contributed by atoms with Crippen LogP contribution in [-0.4, -0.2) is 25.2 Å². The van der Waals surface area contributed by atoms with E-state index in [1.54, 1.807) is 20.3 Å². The lowest BCUT2D eigenvalue weighted by Crippen LogP contribution is -2.37. The standard InChI is InChI=1S/C21H17NO5S2/c1-25-13-8-7-10(9-14(13)26-2)17-16-15(18-19(28-17)22-21(24)29-18)11-5-3-4-6-12(11)27-20(16)23/h3-9,15-17H,1-2H3,(H,22,24)/t15-,16+,17-/m1/s1. The van der Waals surface area contributed by atoms with E-state index in [2.05, 4.69) is 4.98 Å². The van der Waals surface area contributed by atoms with Crippen LogP contribution in [0.3, 0.4) is 0 Å². The number of methoxy groups -OCH3 is 2. The molecule has 0 bridgehead atoms. The van der Waals surface area contributed by atoms with Crippen LogP contribution in [0.5, 0.6) is 17.2 Å². The number of para-hydroxylation sites is 1. The number of benzene rings is 2. The van der Waals surface area contributed by atoms with Gasteiger partial charge in [-0.1, -0.05) is 47.4 Å². The Hall–Kier alpha value is -2.71. The summed E-state index contributed by atoms with van der Waals surface area (Å²) in [7, 11) is 3.17. The average Bonchev–Trinajstić information content (AvgIpc) is 3.12. The van der Waals surface area contributed by atoms with E-state index in [-0.39, 0.29) is 22.0 Å². The number of thiazole rings is 1. The number of thioether (sulfide) groups is 1. The van der Waals surface area contributed by atoms with E-state index in [9.17, 15) is 9.59 Å². The smallest absolute Gasteiger partial charge is 0.316 e. The molecule has 3 heterocycles. The molecule has 0 saturated heterocycles. The van der Waals surface area contributed by atoms with Gasteiger partial charge >= 0.3 is 10.8 Å². The maximum atomic E-state index is 13.1. The molecular weight excluding hydrogens is 410 g/mol. The largest absolute Gasteiger partial charge is 0.493 e. The van der Waals surface area contributed by atoms with E-state index in [0.717, 1.165) is 21.0 Å². The summed E-state index contributed by atoms with van der Waals surface area (Å²) in [6, 6.07) is 13.2. The van der Waals surface area contributed by atoms with Crippen molar-refractivity contribution in [1.29, 1.82) is 0 Å². The monoisotopic (exact) mass is 427 g/mol. The molecule has 0 fully saturated rings. The number of carbonyl (C=O) groups excluding carboxylic acids is 1. The Labute approximate surface area is 174 Å². The Morgan fingerprint density at radius 3 is 2.62 bits per heavy atom. The zero-order valence-electron chi connectivity index (χ0n) is 15.6. The topological polar surface area (TPSA) is 77.6 Å². The van der Waals surface area contributed by atoms with Crippen LogP contribution in [0.4, 0.5) is 0 Å². The summed E-state index contributed by atoms with van der Waals surface area (Å²) in [5, 5.41) is 0.573. The van der Waals surface area contributed by atoms with Gasteiger partial charge < -0.3 is 19.2 Å². The first-order chi connectivity index (χ1) is 14.1. The molecule has 0 amide bonds. The van der Waals surface area contributed by atoms with Crippen LogP contribution in [0.25, 0.3) is 0 Å². The van der Waals surface area contributed by atoms with Crippen molar-refractivity contribution in [2.45, 2.75) is 16.2 Å². The van der Waals surface area contributed by atoms with Crippen molar-refractivity contribution in [2.75, 3.05) is 14.2 Å². The summed E-state index contributed by atoms with van der Waals surface area (Å²) in [6.07, 6.45) is 0. The fourth-order valence-corrected chi connectivity index (χ4v) is 6.64. The maximum Gasteiger partial charge on any atom is 0.316 e. The molecule has 3 atom stereocenters. The molecule has 6 nitrogen and oxygen atoms in total. The fraction of sp³-hybridized carbons (Fsp3) is 0.238. The van der Waals surface area contributed by atoms with E-state index in [1.165, 1.54) is 23.1 Å². The van der Waals surface area contributed by atoms with Gasteiger partial charge in [0.25, 0.3) is 0 Å². The number of nitrogens with one attached hydrogen (secondary N) is 1. The van der Waals surface area contributed by atoms with Crippen molar-refractivity contribution in [3.8, 4) is 17.2 Å². The maximum absolute atomic E-state index is 13.1. The third-order valence-corrected chi connectivity index (χ3v) is 7.80. The lowest BCUT2D eigenvalue weighted by molar-refractivity contribution is -0.140. The highest BCUT2D eigenvalue weighted by molar-refractivity contribution is 7.99. The van der Waals surface area contributed by atoms with Gasteiger partial charge in [0, 0.05) is 16.4 Å². The van der Waals surface area contributed by atoms with Crippen LogP contribution in [0.2, 0.25) is 0 Å². The highest BCUT2D eigenvalue weighted by atomic mass is 32.2. The molecule has 2 aromatic carbocycles. The predicted octanol–water partition coefficient (Wildman–Crippen LogP) is 3.97. The summed E-state index contributed by atoms with van der Waals surface area (Å²) in [5.74, 6) is 0.805. The van der Waals surface area contributed by atoms with Crippen molar-refractivity contribution in [2.24, 2.45) is 5.92 Å². The number of esters is 1. The molecule has 0 saturated carbocycles. The van der Waals surface area contributed by atoms with Gasteiger partial charge in [-0.05, 0) is 23.8 Å². The van der Waals surface area contributed by atoms with Crippen LogP contribution in [0, 0.1) is 5.92 Å². The van der Waals surface area contributed by atoms with Crippen molar-refractivity contribution >= 4 is 29.1 Å². The van der Waals surface area contributed by atoms with Gasteiger partial charge in [-0.3, -0.25) is 9.59 Å². The van der Waals surface area contributed by atoms with Gasteiger partial charge in [0.1, 0.15) is 5.75 Å². The number of carbonyl (C=O) groups is 1. The van der Waals surface area contributed by atoms with E-state index in [0.29, 0.717) is 17.2 Å². The second kappa shape index (κ2) is 6.96. The minimum atomic E-state index is -0.452. The lowest BCUT2D eigenvalue weighted by atomic mass is 9.78. The highest BCUT2D eigenvalue weighted by Crippen LogP contribution is 2.59. The molecule has 2 aliphatic heterocycles. The number of rotatable bonds is 3. The number of hydrogen-bond donors (Lipinski definition) is 1. The molecule has 29 heavy (non-hydrogen) atoms. The van der Waals surface area contributed by atoms with Gasteiger partial charge in [0.2, 0.25) is 0 Å². The first-order valence-electron chi connectivity index (χ1n) is 9.03. The number of ether oxygens (including phenoxy) is 3. The first-order valence-corrected chi connectivity index (χ1v) is 10.7. The summed E-state index contributed by atoms with van der Waals surface area (Å²) in [6.45, 7) is 0. The van der Waals surface area contributed by atoms with Gasteiger partial charge in [-0.15, -0.1) is 0 Å². The van der Waals surface area contributed by atoms with Gasteiger partial charge in [-0.25, -0.2) is 0 Å². The normalized spacial score (nSPS) is 22.1. The molecule has 0 spiro atoms. The van der Waals surface area contributed by atoms with Crippen LogP contribution in [0.1, 0.15) is 27.2 Å². The molecule has 0 aliphatic carbocycles. The van der Waals surface area contributed by atoms with Crippen molar-refractivity contribution < 1.29 is 19.0 Å². The van der Waals surface area contributed by atoms with Gasteiger partial charge in [0.05, 0.1) is 30.4 Å². The molecule has 3 aromatic rings. The van der Waals surface area contributed by atoms with Crippen molar-refractivity contribution in [3.63, 3.8) is 0 Å². The third kappa shape index (κ3) is 2.86. The minimum absolute atomic E-state index is 0.120. The summed E-state index contributed by atoms with van der Waals surface area (Å²) >= 11 is 2.65. The van der Waals surface area contributed by atoms with E-state index < -0.39 is 5.92 Å². The van der Waals surface area contributed by atoms with Crippen LogP contribution in [-0.2, 0) is 4.79 Å². The first kappa shape index (κ1) is 18.3. The van der Waals surface area contributed by atoms with E-state index in [1.807, 2.05) is 36.4 Å². The quantitative estimate of drug-likeness (QED) is 0.504. The predicted molar refractivity (Wildman–Crippen MR) is 110 cm³/mol. The molecule has 1 N–H and O–H groups in total. The van der Waals surface area contributed by atoms with Crippen LogP contribution < -0.4 is 19.1 Å². The molecule has 148 valence electrons. The van der Waals surface area contributed by atoms with Crippen LogP contribution in [0.15, 0.2) is 52.3 Å². The Morgan fingerprint density at radius 2 is 1.83 bits per heavy atom. The summed E-state index contributed by atoms with van der Waals surface area (Å²) in [4.78, 5) is 29.0. The summed E-state index contributed by atoms with van der Waals surface area (Å²) in [5.41, 5.74) is 1.84. The number of H-pyrrole nitrogens is 1. The Kier molecular flexibility index (Phi) is 4.40. The van der Waals surface area contributed by atoms with Crippen LogP contribution >= 0.6 is 23.1 Å². The summed E-state index contributed by atoms with van der Waals surface area (Å²) < 4.78 is 16.5. The molecule has 1 aromatic heterocycles. The zero-order chi connectivity index (χ0) is 20.1. The number of fused-ring (bicyclic) bond motifs is 5. The minimum Gasteiger partial charge on any atom is -0.493 e. The number of aromatic nitrogens is 1. The lowest BCUT2D eigenvalue weighted by Gasteiger charge is -2.39. The second-order valence-electron chi connectivity index (χ2n) is 6.82. The Bertz CT molecular complexity index is 1170. The number of aromatic amines is 1. The molecule has 5 rings (SSSR count). The molecule has 0 unspecified atom stereocenters. The molecular formula is C21H17NO5S2. The second-order valence-corrected chi connectivity index (χ2v) is 8.99. The van der Waals surface area contributed by atoms with E-state index in [4.69, 9.17) is 14.2 Å². The Balaban J connectivity index is 1.70. The van der Waals surface area contributed by atoms with Crippen molar-refractivity contribution in [3.05, 3.63) is 68.1 Å². The van der Waals surface area contributed by atoms with Crippen molar-refractivity contribution in [1.82, 2.24) is 4.98 Å². The SMILES string of the molecule is COc1ccc([C@H]2Sc3[nH]c(=O)sc3[C@@H]3c4ccccc4OC(=O)[C@@H]32)cc1OC. The average molecular weight is 428 g/mol.